The SMILES string of the molecule is O=C(CCNCc1cc(Br)c2oc(-c3ccc(O)c(Cl)c3)c(O)c(=O)c2c1)N1CCOCC1. The number of ether oxygens (including phenoxy) is 1. The predicted molar refractivity (Wildman–Crippen MR) is 128 cm³/mol. The Morgan fingerprint density at radius 2 is 1.94 bits per heavy atom. The van der Waals surface area contributed by atoms with Gasteiger partial charge in [-0.05, 0) is 51.8 Å². The zero-order valence-electron chi connectivity index (χ0n) is 17.6. The third-order valence-electron chi connectivity index (χ3n) is 5.40. The summed E-state index contributed by atoms with van der Waals surface area (Å²) in [5, 5.41) is 23.6. The number of benzene rings is 2. The monoisotopic (exact) mass is 536 g/mol. The number of fused-ring (bicyclic) bond motifs is 1. The van der Waals surface area contributed by atoms with Crippen LogP contribution < -0.4 is 10.7 Å². The maximum atomic E-state index is 12.9. The van der Waals surface area contributed by atoms with Crippen molar-refractivity contribution in [2.45, 2.75) is 13.0 Å². The van der Waals surface area contributed by atoms with E-state index in [1.54, 1.807) is 11.0 Å². The van der Waals surface area contributed by atoms with E-state index in [0.717, 1.165) is 5.56 Å². The van der Waals surface area contributed by atoms with Crippen molar-refractivity contribution >= 4 is 44.4 Å². The van der Waals surface area contributed by atoms with E-state index in [0.29, 0.717) is 55.8 Å². The van der Waals surface area contributed by atoms with Crippen LogP contribution in [-0.2, 0) is 16.1 Å². The van der Waals surface area contributed by atoms with Crippen LogP contribution in [0.1, 0.15) is 12.0 Å². The highest BCUT2D eigenvalue weighted by Crippen LogP contribution is 2.36. The third kappa shape index (κ3) is 5.16. The molecule has 1 aromatic heterocycles. The van der Waals surface area contributed by atoms with Crippen molar-refractivity contribution in [3.05, 3.63) is 55.6 Å². The van der Waals surface area contributed by atoms with Gasteiger partial charge in [0.05, 0.1) is 28.1 Å². The van der Waals surface area contributed by atoms with Crippen LogP contribution in [0.3, 0.4) is 0 Å². The number of hydrogen-bond donors (Lipinski definition) is 3. The van der Waals surface area contributed by atoms with Crippen molar-refractivity contribution in [2.75, 3.05) is 32.8 Å². The van der Waals surface area contributed by atoms with Crippen molar-refractivity contribution in [1.82, 2.24) is 10.2 Å². The number of nitrogens with zero attached hydrogens (tertiary/aromatic N) is 1. The van der Waals surface area contributed by atoms with Gasteiger partial charge >= 0.3 is 0 Å². The second-order valence-electron chi connectivity index (χ2n) is 7.65. The number of aromatic hydroxyl groups is 2. The largest absolute Gasteiger partial charge is 0.506 e. The number of halogens is 2. The fraction of sp³-hybridized carbons (Fsp3) is 0.304. The Hall–Kier alpha value is -2.59. The number of carbonyl (C=O) groups is 1. The second-order valence-corrected chi connectivity index (χ2v) is 8.91. The van der Waals surface area contributed by atoms with Gasteiger partial charge in [0.25, 0.3) is 0 Å². The second kappa shape index (κ2) is 10.1. The molecule has 174 valence electrons. The van der Waals surface area contributed by atoms with Crippen LogP contribution in [0, 0.1) is 0 Å². The fourth-order valence-corrected chi connectivity index (χ4v) is 4.42. The first-order valence-electron chi connectivity index (χ1n) is 10.4. The van der Waals surface area contributed by atoms with Gasteiger partial charge in [0, 0.05) is 38.2 Å². The number of hydrogen-bond acceptors (Lipinski definition) is 7. The van der Waals surface area contributed by atoms with Crippen molar-refractivity contribution in [2.24, 2.45) is 0 Å². The van der Waals surface area contributed by atoms with Gasteiger partial charge in [-0.2, -0.15) is 0 Å². The highest BCUT2D eigenvalue weighted by atomic mass is 79.9. The van der Waals surface area contributed by atoms with E-state index < -0.39 is 11.2 Å². The quantitative estimate of drug-likeness (QED) is 0.412. The average molecular weight is 538 g/mol. The van der Waals surface area contributed by atoms with Gasteiger partial charge < -0.3 is 29.6 Å². The van der Waals surface area contributed by atoms with Crippen molar-refractivity contribution < 1.29 is 24.2 Å². The fourth-order valence-electron chi connectivity index (χ4n) is 3.65. The molecular formula is C23H22BrClN2O6. The molecule has 2 heterocycles. The maximum absolute atomic E-state index is 12.9. The van der Waals surface area contributed by atoms with Crippen LogP contribution in [0.25, 0.3) is 22.3 Å². The highest BCUT2D eigenvalue weighted by molar-refractivity contribution is 9.10. The van der Waals surface area contributed by atoms with Crippen molar-refractivity contribution in [3.63, 3.8) is 0 Å². The Labute approximate surface area is 202 Å². The summed E-state index contributed by atoms with van der Waals surface area (Å²) in [6.07, 6.45) is 0.371. The van der Waals surface area contributed by atoms with Crippen LogP contribution in [0.15, 0.2) is 44.0 Å². The molecule has 0 aliphatic carbocycles. The summed E-state index contributed by atoms with van der Waals surface area (Å²) in [5.74, 6) is -0.620. The molecule has 0 bridgehead atoms. The number of phenols is 1. The van der Waals surface area contributed by atoms with E-state index in [9.17, 15) is 19.8 Å². The molecule has 33 heavy (non-hydrogen) atoms. The lowest BCUT2D eigenvalue weighted by atomic mass is 10.1. The minimum absolute atomic E-state index is 0.0393. The van der Waals surface area contributed by atoms with Gasteiger partial charge in [0.1, 0.15) is 5.75 Å². The van der Waals surface area contributed by atoms with Gasteiger partial charge in [-0.15, -0.1) is 0 Å². The van der Waals surface area contributed by atoms with Crippen LogP contribution >= 0.6 is 27.5 Å². The topological polar surface area (TPSA) is 112 Å². The van der Waals surface area contributed by atoms with E-state index in [1.807, 2.05) is 6.07 Å². The summed E-state index contributed by atoms with van der Waals surface area (Å²) in [7, 11) is 0. The lowest BCUT2D eigenvalue weighted by Crippen LogP contribution is -2.41. The molecule has 3 aromatic rings. The Balaban J connectivity index is 1.51. The number of carbonyl (C=O) groups excluding carboxylic acids is 1. The molecule has 0 unspecified atom stereocenters. The lowest BCUT2D eigenvalue weighted by molar-refractivity contribution is -0.135. The van der Waals surface area contributed by atoms with Crippen LogP contribution in [0.5, 0.6) is 11.5 Å². The summed E-state index contributed by atoms with van der Waals surface area (Å²) >= 11 is 9.40. The van der Waals surface area contributed by atoms with Crippen molar-refractivity contribution in [1.29, 1.82) is 0 Å². The average Bonchev–Trinajstić information content (AvgIpc) is 2.81. The number of nitrogens with one attached hydrogen (secondary N) is 1. The van der Waals surface area contributed by atoms with Gasteiger partial charge in [-0.3, -0.25) is 9.59 Å². The molecule has 4 rings (SSSR count). The van der Waals surface area contributed by atoms with Crippen LogP contribution in [0.2, 0.25) is 5.02 Å². The Bertz CT molecular complexity index is 1260. The molecule has 8 nitrogen and oxygen atoms in total. The van der Waals surface area contributed by atoms with Gasteiger partial charge in [0.2, 0.25) is 17.1 Å². The number of morpholine rings is 1. The molecule has 10 heteroatoms. The smallest absolute Gasteiger partial charge is 0.235 e. The third-order valence-corrected chi connectivity index (χ3v) is 6.29. The van der Waals surface area contributed by atoms with Crippen LogP contribution in [-0.4, -0.2) is 53.9 Å². The van der Waals surface area contributed by atoms with E-state index in [1.165, 1.54) is 18.2 Å². The van der Waals surface area contributed by atoms with Crippen LogP contribution in [0.4, 0.5) is 0 Å². The summed E-state index contributed by atoms with van der Waals surface area (Å²) in [6, 6.07) is 7.72. The first-order chi connectivity index (χ1) is 15.8. The number of amides is 1. The zero-order valence-corrected chi connectivity index (χ0v) is 19.9. The maximum Gasteiger partial charge on any atom is 0.235 e. The first kappa shape index (κ1) is 23.6. The number of rotatable bonds is 6. The molecular weight excluding hydrogens is 516 g/mol. The van der Waals surface area contributed by atoms with E-state index in [-0.39, 0.29) is 33.4 Å². The molecule has 1 amide bonds. The lowest BCUT2D eigenvalue weighted by Gasteiger charge is -2.26. The summed E-state index contributed by atoms with van der Waals surface area (Å²) < 4.78 is 11.7. The molecule has 0 radical (unpaired) electrons. The molecule has 1 fully saturated rings. The van der Waals surface area contributed by atoms with E-state index >= 15 is 0 Å². The minimum atomic E-state index is -0.583. The molecule has 0 saturated carbocycles. The van der Waals surface area contributed by atoms with Crippen molar-refractivity contribution in [3.8, 4) is 22.8 Å². The molecule has 1 aliphatic rings. The standard InChI is InChI=1S/C23H22BrClN2O6/c24-16-10-13(12-26-4-3-19(29)27-5-7-32-8-6-27)9-15-20(30)21(31)22(33-23(15)16)14-1-2-18(28)17(25)11-14/h1-2,9-11,26,28,31H,3-8,12H2. The molecule has 1 saturated heterocycles. The summed E-state index contributed by atoms with van der Waals surface area (Å²) in [5.41, 5.74) is 0.848. The highest BCUT2D eigenvalue weighted by Gasteiger charge is 2.19. The summed E-state index contributed by atoms with van der Waals surface area (Å²) in [4.78, 5) is 26.9. The molecule has 2 aromatic carbocycles. The first-order valence-corrected chi connectivity index (χ1v) is 11.6. The molecule has 0 spiro atoms. The minimum Gasteiger partial charge on any atom is -0.506 e. The van der Waals surface area contributed by atoms with Gasteiger partial charge in [0.15, 0.2) is 11.3 Å². The predicted octanol–water partition coefficient (Wildman–Crippen LogP) is 3.63. The Morgan fingerprint density at radius 3 is 2.67 bits per heavy atom. The van der Waals surface area contributed by atoms with Gasteiger partial charge in [-0.1, -0.05) is 11.6 Å². The molecule has 3 N–H and O–H groups in total. The molecule has 0 atom stereocenters. The van der Waals surface area contributed by atoms with Gasteiger partial charge in [-0.25, -0.2) is 0 Å². The molecule has 1 aliphatic heterocycles. The number of phenolic OH excluding ortho intramolecular Hbond substituents is 1. The Morgan fingerprint density at radius 1 is 1.18 bits per heavy atom. The Kier molecular flexibility index (Phi) is 7.23. The zero-order chi connectivity index (χ0) is 23.5. The van der Waals surface area contributed by atoms with E-state index in [4.69, 9.17) is 20.8 Å². The van der Waals surface area contributed by atoms with E-state index in [2.05, 4.69) is 21.2 Å². The summed E-state index contributed by atoms with van der Waals surface area (Å²) in [6.45, 7) is 3.30. The normalized spacial score (nSPS) is 14.1.